The third kappa shape index (κ3) is 6.68. The van der Waals surface area contributed by atoms with Gasteiger partial charge in [0.15, 0.2) is 0 Å². The fourth-order valence-corrected chi connectivity index (χ4v) is 3.43. The summed E-state index contributed by atoms with van der Waals surface area (Å²) in [7, 11) is 0. The molecule has 1 aliphatic rings. The SMILES string of the molecule is CC(=O)NCCN(Cc1ccc(Cl)cc1Cl)CC1CCCNC1. The Morgan fingerprint density at radius 2 is 2.26 bits per heavy atom. The lowest BCUT2D eigenvalue weighted by Crippen LogP contribution is -2.41. The summed E-state index contributed by atoms with van der Waals surface area (Å²) in [4.78, 5) is 13.5. The lowest BCUT2D eigenvalue weighted by molar-refractivity contribution is -0.119. The van der Waals surface area contributed by atoms with Crippen molar-refractivity contribution < 1.29 is 4.79 Å². The Kier molecular flexibility index (Phi) is 7.63. The van der Waals surface area contributed by atoms with Crippen LogP contribution in [0.1, 0.15) is 25.3 Å². The third-order valence-electron chi connectivity index (χ3n) is 4.13. The normalized spacial score (nSPS) is 18.2. The Labute approximate surface area is 148 Å². The van der Waals surface area contributed by atoms with E-state index in [1.54, 1.807) is 13.0 Å². The minimum Gasteiger partial charge on any atom is -0.355 e. The van der Waals surface area contributed by atoms with Crippen LogP contribution in [-0.4, -0.2) is 43.5 Å². The first-order chi connectivity index (χ1) is 11.0. The van der Waals surface area contributed by atoms with Gasteiger partial charge in [0.2, 0.25) is 5.91 Å². The van der Waals surface area contributed by atoms with Gasteiger partial charge in [-0.1, -0.05) is 29.3 Å². The Bertz CT molecular complexity index is 519. The van der Waals surface area contributed by atoms with E-state index in [0.717, 1.165) is 38.3 Å². The molecule has 0 aromatic heterocycles. The Morgan fingerprint density at radius 1 is 1.43 bits per heavy atom. The third-order valence-corrected chi connectivity index (χ3v) is 4.71. The molecule has 1 fully saturated rings. The molecule has 4 nitrogen and oxygen atoms in total. The molecule has 2 rings (SSSR count). The molecule has 1 amide bonds. The van der Waals surface area contributed by atoms with Crippen LogP contribution >= 0.6 is 23.2 Å². The van der Waals surface area contributed by atoms with Crippen molar-refractivity contribution in [1.82, 2.24) is 15.5 Å². The zero-order valence-electron chi connectivity index (χ0n) is 13.6. The molecule has 0 radical (unpaired) electrons. The van der Waals surface area contributed by atoms with Crippen molar-refractivity contribution in [2.24, 2.45) is 5.92 Å². The van der Waals surface area contributed by atoms with Gasteiger partial charge in [-0.2, -0.15) is 0 Å². The van der Waals surface area contributed by atoms with Crippen LogP contribution in [0, 0.1) is 5.92 Å². The predicted octanol–water partition coefficient (Wildman–Crippen LogP) is 2.93. The topological polar surface area (TPSA) is 44.4 Å². The molecule has 2 N–H and O–H groups in total. The summed E-state index contributed by atoms with van der Waals surface area (Å²) in [5, 5.41) is 7.68. The maximum atomic E-state index is 11.1. The van der Waals surface area contributed by atoms with Crippen LogP contribution in [0.4, 0.5) is 0 Å². The molecule has 0 aliphatic carbocycles. The van der Waals surface area contributed by atoms with E-state index in [-0.39, 0.29) is 5.91 Å². The number of piperidine rings is 1. The van der Waals surface area contributed by atoms with E-state index in [1.165, 1.54) is 12.8 Å². The first-order valence-corrected chi connectivity index (χ1v) is 8.91. The minimum atomic E-state index is 0.00816. The molecule has 1 aromatic carbocycles. The highest BCUT2D eigenvalue weighted by Crippen LogP contribution is 2.23. The first-order valence-electron chi connectivity index (χ1n) is 8.16. The van der Waals surface area contributed by atoms with Gasteiger partial charge in [-0.25, -0.2) is 0 Å². The molecule has 0 saturated carbocycles. The van der Waals surface area contributed by atoms with Crippen LogP contribution in [0.5, 0.6) is 0 Å². The number of hydrogen-bond donors (Lipinski definition) is 2. The van der Waals surface area contributed by atoms with Gasteiger partial charge in [0.1, 0.15) is 0 Å². The molecule has 23 heavy (non-hydrogen) atoms. The summed E-state index contributed by atoms with van der Waals surface area (Å²) < 4.78 is 0. The minimum absolute atomic E-state index is 0.00816. The van der Waals surface area contributed by atoms with Crippen LogP contribution in [-0.2, 0) is 11.3 Å². The summed E-state index contributed by atoms with van der Waals surface area (Å²) >= 11 is 12.3. The van der Waals surface area contributed by atoms with Crippen molar-refractivity contribution in [1.29, 1.82) is 0 Å². The van der Waals surface area contributed by atoms with E-state index in [2.05, 4.69) is 15.5 Å². The van der Waals surface area contributed by atoms with Crippen molar-refractivity contribution >= 4 is 29.1 Å². The molecular weight excluding hydrogens is 333 g/mol. The van der Waals surface area contributed by atoms with Gasteiger partial charge >= 0.3 is 0 Å². The average molecular weight is 358 g/mol. The second-order valence-corrected chi connectivity index (χ2v) is 7.01. The van der Waals surface area contributed by atoms with Crippen molar-refractivity contribution in [3.63, 3.8) is 0 Å². The highest BCUT2D eigenvalue weighted by molar-refractivity contribution is 6.35. The highest BCUT2D eigenvalue weighted by atomic mass is 35.5. The van der Waals surface area contributed by atoms with Gasteiger partial charge in [-0.3, -0.25) is 9.69 Å². The van der Waals surface area contributed by atoms with Gasteiger partial charge in [0.25, 0.3) is 0 Å². The highest BCUT2D eigenvalue weighted by Gasteiger charge is 2.18. The van der Waals surface area contributed by atoms with Crippen molar-refractivity contribution in [2.75, 3.05) is 32.7 Å². The molecule has 1 unspecified atom stereocenters. The lowest BCUT2D eigenvalue weighted by Gasteiger charge is -2.30. The Hall–Kier alpha value is -0.810. The van der Waals surface area contributed by atoms with Crippen molar-refractivity contribution in [2.45, 2.75) is 26.3 Å². The maximum absolute atomic E-state index is 11.1. The van der Waals surface area contributed by atoms with Crippen LogP contribution in [0.15, 0.2) is 18.2 Å². The second kappa shape index (κ2) is 9.48. The largest absolute Gasteiger partial charge is 0.355 e. The molecule has 128 valence electrons. The molecule has 1 heterocycles. The van der Waals surface area contributed by atoms with E-state index < -0.39 is 0 Å². The fraction of sp³-hybridized carbons (Fsp3) is 0.588. The summed E-state index contributed by atoms with van der Waals surface area (Å²) in [5.41, 5.74) is 1.07. The van der Waals surface area contributed by atoms with Crippen molar-refractivity contribution in [3.05, 3.63) is 33.8 Å². The first kappa shape index (κ1) is 18.5. The molecular formula is C17H25Cl2N3O. The zero-order valence-corrected chi connectivity index (χ0v) is 15.1. The van der Waals surface area contributed by atoms with Crippen LogP contribution in [0.3, 0.4) is 0 Å². The van der Waals surface area contributed by atoms with E-state index in [4.69, 9.17) is 23.2 Å². The van der Waals surface area contributed by atoms with E-state index in [9.17, 15) is 4.79 Å². The number of nitrogens with zero attached hydrogens (tertiary/aromatic N) is 1. The summed E-state index contributed by atoms with van der Waals surface area (Å²) in [5.74, 6) is 0.654. The lowest BCUT2D eigenvalue weighted by atomic mass is 9.99. The van der Waals surface area contributed by atoms with Gasteiger partial charge < -0.3 is 10.6 Å². The zero-order chi connectivity index (χ0) is 16.7. The number of benzene rings is 1. The monoisotopic (exact) mass is 357 g/mol. The number of hydrogen-bond acceptors (Lipinski definition) is 3. The van der Waals surface area contributed by atoms with Gasteiger partial charge in [0, 0.05) is 43.1 Å². The summed E-state index contributed by atoms with van der Waals surface area (Å²) in [6.07, 6.45) is 2.48. The predicted molar refractivity (Wildman–Crippen MR) is 96.0 cm³/mol. The van der Waals surface area contributed by atoms with E-state index in [0.29, 0.717) is 22.5 Å². The number of nitrogens with one attached hydrogen (secondary N) is 2. The average Bonchev–Trinajstić information content (AvgIpc) is 2.50. The molecule has 1 saturated heterocycles. The Balaban J connectivity index is 1.97. The summed E-state index contributed by atoms with van der Waals surface area (Å²) in [6.45, 7) is 6.97. The maximum Gasteiger partial charge on any atom is 0.216 e. The molecule has 1 atom stereocenters. The van der Waals surface area contributed by atoms with Gasteiger partial charge in [0.05, 0.1) is 0 Å². The van der Waals surface area contributed by atoms with Crippen LogP contribution in [0.2, 0.25) is 10.0 Å². The molecule has 6 heteroatoms. The Morgan fingerprint density at radius 3 is 2.91 bits per heavy atom. The smallest absolute Gasteiger partial charge is 0.216 e. The molecule has 0 bridgehead atoms. The van der Waals surface area contributed by atoms with E-state index >= 15 is 0 Å². The fourth-order valence-electron chi connectivity index (χ4n) is 2.96. The van der Waals surface area contributed by atoms with E-state index in [1.807, 2.05) is 12.1 Å². The number of halogens is 2. The standard InChI is InChI=1S/C17H25Cl2N3O/c1-13(23)21-7-8-22(11-14-3-2-6-20-10-14)12-15-4-5-16(18)9-17(15)19/h4-5,9,14,20H,2-3,6-8,10-12H2,1H3,(H,21,23). The van der Waals surface area contributed by atoms with Crippen molar-refractivity contribution in [3.8, 4) is 0 Å². The van der Waals surface area contributed by atoms with Gasteiger partial charge in [-0.05, 0) is 49.5 Å². The number of amides is 1. The second-order valence-electron chi connectivity index (χ2n) is 6.17. The summed E-state index contributed by atoms with van der Waals surface area (Å²) in [6, 6.07) is 5.64. The number of rotatable bonds is 7. The number of carbonyl (C=O) groups is 1. The van der Waals surface area contributed by atoms with Gasteiger partial charge in [-0.15, -0.1) is 0 Å². The quantitative estimate of drug-likeness (QED) is 0.788. The molecule has 1 aromatic rings. The van der Waals surface area contributed by atoms with Crippen LogP contribution in [0.25, 0.3) is 0 Å². The molecule has 1 aliphatic heterocycles. The molecule has 0 spiro atoms. The number of carbonyl (C=O) groups excluding carboxylic acids is 1. The van der Waals surface area contributed by atoms with Crippen LogP contribution < -0.4 is 10.6 Å².